The lowest BCUT2D eigenvalue weighted by Gasteiger charge is -2.08. The fraction of sp³-hybridized carbons (Fsp3) is 0.0500. The highest BCUT2D eigenvalue weighted by Crippen LogP contribution is 2.12. The molecule has 1 aromatic heterocycles. The van der Waals surface area contributed by atoms with Gasteiger partial charge in [0.25, 0.3) is 0 Å². The molecule has 0 aliphatic heterocycles. The molecule has 130 valence electrons. The summed E-state index contributed by atoms with van der Waals surface area (Å²) in [6, 6.07) is 19.4. The van der Waals surface area contributed by atoms with Crippen LogP contribution in [0.5, 0.6) is 0 Å². The summed E-state index contributed by atoms with van der Waals surface area (Å²) in [4.78, 5) is 22.7. The van der Waals surface area contributed by atoms with Crippen molar-refractivity contribution in [2.75, 3.05) is 0 Å². The summed E-state index contributed by atoms with van der Waals surface area (Å²) in [6.45, 7) is 0. The summed E-state index contributed by atoms with van der Waals surface area (Å²) in [6.07, 6.45) is 3.61. The van der Waals surface area contributed by atoms with Crippen molar-refractivity contribution >= 4 is 18.1 Å². The molecule has 0 spiro atoms. The number of nitrogens with zero attached hydrogens (tertiary/aromatic N) is 2. The van der Waals surface area contributed by atoms with Gasteiger partial charge in [0.15, 0.2) is 0 Å². The van der Waals surface area contributed by atoms with E-state index in [1.807, 2.05) is 53.2 Å². The van der Waals surface area contributed by atoms with E-state index in [1.54, 1.807) is 12.1 Å². The van der Waals surface area contributed by atoms with Gasteiger partial charge in [-0.2, -0.15) is 5.10 Å². The summed E-state index contributed by atoms with van der Waals surface area (Å²) >= 11 is 0. The molecule has 0 aliphatic rings. The molecule has 6 nitrogen and oxygen atoms in total. The number of carboxylic acid groups (broad SMARTS) is 1. The third-order valence-electron chi connectivity index (χ3n) is 3.76. The monoisotopic (exact) mass is 346 g/mol. The Morgan fingerprint density at radius 3 is 2.42 bits per heavy atom. The Labute approximate surface area is 150 Å². The number of hydrogen-bond acceptors (Lipinski definition) is 4. The second-order valence-electron chi connectivity index (χ2n) is 5.59. The lowest BCUT2D eigenvalue weighted by Crippen LogP contribution is -2.22. The van der Waals surface area contributed by atoms with Crippen LogP contribution in [-0.2, 0) is 11.2 Å². The summed E-state index contributed by atoms with van der Waals surface area (Å²) < 4.78 is 1.83. The number of rotatable bonds is 6. The zero-order valence-electron chi connectivity index (χ0n) is 13.8. The van der Waals surface area contributed by atoms with Crippen LogP contribution in [0.15, 0.2) is 78.0 Å². The second kappa shape index (κ2) is 7.94. The summed E-state index contributed by atoms with van der Waals surface area (Å²) in [5.41, 5.74) is 5.05. The zero-order chi connectivity index (χ0) is 18.4. The van der Waals surface area contributed by atoms with E-state index in [0.717, 1.165) is 16.9 Å². The third-order valence-corrected chi connectivity index (χ3v) is 3.76. The minimum absolute atomic E-state index is 0.115. The van der Waals surface area contributed by atoms with Gasteiger partial charge >= 0.3 is 0 Å². The molecule has 3 aromatic rings. The highest BCUT2D eigenvalue weighted by Gasteiger charge is 2.03. The van der Waals surface area contributed by atoms with E-state index in [0.29, 0.717) is 0 Å². The molecule has 3 rings (SSSR count). The molecule has 0 saturated heterocycles. The number of carbonyl (C=O) groups is 2. The Morgan fingerprint density at radius 2 is 1.73 bits per heavy atom. The third kappa shape index (κ3) is 4.24. The van der Waals surface area contributed by atoms with E-state index in [-0.39, 0.29) is 17.9 Å². The van der Waals surface area contributed by atoms with Crippen LogP contribution >= 0.6 is 0 Å². The normalized spacial score (nSPS) is 10.8. The summed E-state index contributed by atoms with van der Waals surface area (Å²) in [7, 11) is 0. The van der Waals surface area contributed by atoms with E-state index < -0.39 is 5.97 Å². The van der Waals surface area contributed by atoms with Crippen LogP contribution in [0, 0.1) is 0 Å². The molecule has 0 unspecified atom stereocenters. The van der Waals surface area contributed by atoms with Gasteiger partial charge in [0, 0.05) is 11.9 Å². The predicted octanol–water partition coefficient (Wildman–Crippen LogP) is 1.53. The maximum absolute atomic E-state index is 11.9. The maximum Gasteiger partial charge on any atom is 0.244 e. The Kier molecular flexibility index (Phi) is 5.24. The molecule has 0 radical (unpaired) electrons. The summed E-state index contributed by atoms with van der Waals surface area (Å²) in [5, 5.41) is 14.8. The maximum atomic E-state index is 11.9. The Bertz CT molecular complexity index is 928. The first kappa shape index (κ1) is 17.2. The first-order valence-corrected chi connectivity index (χ1v) is 7.98. The number of carbonyl (C=O) groups excluding carboxylic acids is 2. The number of hydrazone groups is 1. The van der Waals surface area contributed by atoms with Crippen LogP contribution in [0.2, 0.25) is 0 Å². The van der Waals surface area contributed by atoms with Gasteiger partial charge < -0.3 is 14.5 Å². The number of aromatic carboxylic acids is 1. The molecule has 2 aromatic carbocycles. The largest absolute Gasteiger partial charge is 0.545 e. The fourth-order valence-electron chi connectivity index (χ4n) is 2.48. The van der Waals surface area contributed by atoms with Crippen molar-refractivity contribution in [3.63, 3.8) is 0 Å². The molecule has 1 amide bonds. The van der Waals surface area contributed by atoms with Gasteiger partial charge in [-0.1, -0.05) is 42.5 Å². The quantitative estimate of drug-likeness (QED) is 0.542. The Morgan fingerprint density at radius 1 is 1.00 bits per heavy atom. The second-order valence-corrected chi connectivity index (χ2v) is 5.59. The smallest absolute Gasteiger partial charge is 0.244 e. The lowest BCUT2D eigenvalue weighted by molar-refractivity contribution is -0.255. The molecule has 0 saturated carbocycles. The first-order chi connectivity index (χ1) is 12.6. The van der Waals surface area contributed by atoms with Crippen molar-refractivity contribution in [3.8, 4) is 5.69 Å². The number of nitrogens with one attached hydrogen (secondary N) is 1. The molecule has 1 N–H and O–H groups in total. The molecular formula is C20H16N3O3-. The first-order valence-electron chi connectivity index (χ1n) is 7.98. The van der Waals surface area contributed by atoms with E-state index in [2.05, 4.69) is 10.5 Å². The Hall–Kier alpha value is -3.67. The lowest BCUT2D eigenvalue weighted by atomic mass is 10.1. The molecule has 0 bridgehead atoms. The van der Waals surface area contributed by atoms with Gasteiger partial charge in [-0.25, -0.2) is 5.43 Å². The van der Waals surface area contributed by atoms with Gasteiger partial charge in [0.2, 0.25) is 5.91 Å². The predicted molar refractivity (Wildman–Crippen MR) is 96.0 cm³/mol. The van der Waals surface area contributed by atoms with Gasteiger partial charge in [0.05, 0.1) is 24.3 Å². The Balaban J connectivity index is 1.66. The van der Waals surface area contributed by atoms with Gasteiger partial charge in [-0.15, -0.1) is 0 Å². The highest BCUT2D eigenvalue weighted by molar-refractivity contribution is 5.86. The fourth-order valence-corrected chi connectivity index (χ4v) is 2.48. The van der Waals surface area contributed by atoms with E-state index in [4.69, 9.17) is 0 Å². The molecule has 26 heavy (non-hydrogen) atoms. The van der Waals surface area contributed by atoms with Crippen LogP contribution in [-0.4, -0.2) is 22.7 Å². The van der Waals surface area contributed by atoms with Gasteiger partial charge in [0.1, 0.15) is 0 Å². The van der Waals surface area contributed by atoms with E-state index in [9.17, 15) is 14.7 Å². The van der Waals surface area contributed by atoms with Crippen molar-refractivity contribution in [2.45, 2.75) is 6.42 Å². The number of amides is 1. The van der Waals surface area contributed by atoms with Crippen molar-refractivity contribution in [2.24, 2.45) is 5.10 Å². The van der Waals surface area contributed by atoms with Gasteiger partial charge in [-0.3, -0.25) is 4.79 Å². The van der Waals surface area contributed by atoms with E-state index in [1.165, 1.54) is 18.3 Å². The molecule has 0 aliphatic carbocycles. The molecule has 0 fully saturated rings. The molecule has 0 atom stereocenters. The number of carboxylic acids is 1. The topological polar surface area (TPSA) is 86.5 Å². The average Bonchev–Trinajstić information content (AvgIpc) is 3.11. The average molecular weight is 346 g/mol. The summed E-state index contributed by atoms with van der Waals surface area (Å²) in [5.74, 6) is -1.42. The van der Waals surface area contributed by atoms with Crippen molar-refractivity contribution < 1.29 is 14.7 Å². The van der Waals surface area contributed by atoms with Gasteiger partial charge in [-0.05, 0) is 35.4 Å². The minimum atomic E-state index is -1.22. The molecule has 6 heteroatoms. The highest BCUT2D eigenvalue weighted by atomic mass is 16.4. The number of aromatic nitrogens is 1. The van der Waals surface area contributed by atoms with Crippen molar-refractivity contribution in [1.82, 2.24) is 9.99 Å². The van der Waals surface area contributed by atoms with Crippen molar-refractivity contribution in [1.29, 1.82) is 0 Å². The van der Waals surface area contributed by atoms with Crippen LogP contribution in [0.25, 0.3) is 5.69 Å². The standard InChI is InChI=1S/C20H17N3O3/c24-19(13-15-5-2-1-3-6-15)22-21-14-18-7-4-12-23(18)17-10-8-16(9-11-17)20(25)26/h1-12,14H,13H2,(H,22,24)(H,25,26)/p-1/b21-14-. The SMILES string of the molecule is O=C(Cc1ccccc1)N/N=C\c1cccn1-c1ccc(C(=O)[O-])cc1. The number of benzene rings is 2. The number of hydrogen-bond donors (Lipinski definition) is 1. The van der Waals surface area contributed by atoms with E-state index >= 15 is 0 Å². The van der Waals surface area contributed by atoms with Crippen LogP contribution in [0.4, 0.5) is 0 Å². The van der Waals surface area contributed by atoms with Crippen LogP contribution in [0.1, 0.15) is 21.6 Å². The molecular weight excluding hydrogens is 330 g/mol. The minimum Gasteiger partial charge on any atom is -0.545 e. The van der Waals surface area contributed by atoms with Crippen LogP contribution < -0.4 is 10.5 Å². The van der Waals surface area contributed by atoms with Crippen LogP contribution in [0.3, 0.4) is 0 Å². The zero-order valence-corrected chi connectivity index (χ0v) is 13.8. The molecule has 1 heterocycles. The van der Waals surface area contributed by atoms with Crippen molar-refractivity contribution in [3.05, 3.63) is 89.7 Å².